The van der Waals surface area contributed by atoms with E-state index in [0.717, 1.165) is 5.56 Å². The molecule has 3 N–H and O–H groups in total. The molecule has 5 nitrogen and oxygen atoms in total. The lowest BCUT2D eigenvalue weighted by Crippen LogP contribution is -2.37. The maximum absolute atomic E-state index is 11.7. The van der Waals surface area contributed by atoms with Gasteiger partial charge in [0.05, 0.1) is 17.5 Å². The summed E-state index contributed by atoms with van der Waals surface area (Å²) >= 11 is 1.33. The Labute approximate surface area is 133 Å². The van der Waals surface area contributed by atoms with Gasteiger partial charge in [-0.05, 0) is 23.4 Å². The number of benzene rings is 1. The summed E-state index contributed by atoms with van der Waals surface area (Å²) < 4.78 is 0. The molecule has 2 aromatic rings. The van der Waals surface area contributed by atoms with E-state index in [1.165, 1.54) is 11.3 Å². The zero-order chi connectivity index (χ0) is 15.8. The Morgan fingerprint density at radius 2 is 1.86 bits per heavy atom. The van der Waals surface area contributed by atoms with Crippen LogP contribution in [-0.4, -0.2) is 30.0 Å². The zero-order valence-corrected chi connectivity index (χ0v) is 12.8. The van der Waals surface area contributed by atoms with Gasteiger partial charge in [0.2, 0.25) is 5.91 Å². The van der Waals surface area contributed by atoms with E-state index < -0.39 is 6.10 Å². The van der Waals surface area contributed by atoms with Crippen LogP contribution in [0.15, 0.2) is 47.8 Å². The van der Waals surface area contributed by atoms with Crippen molar-refractivity contribution >= 4 is 23.2 Å². The highest BCUT2D eigenvalue weighted by atomic mass is 32.1. The first-order chi connectivity index (χ1) is 10.7. The van der Waals surface area contributed by atoms with Crippen molar-refractivity contribution in [1.29, 1.82) is 0 Å². The molecular formula is C16H18N2O3S. The second kappa shape index (κ2) is 8.31. The van der Waals surface area contributed by atoms with Crippen molar-refractivity contribution < 1.29 is 14.7 Å². The summed E-state index contributed by atoms with van der Waals surface area (Å²) in [5.41, 5.74) is 0.822. The molecule has 1 aromatic heterocycles. The molecule has 2 amide bonds. The molecule has 0 saturated carbocycles. The van der Waals surface area contributed by atoms with Gasteiger partial charge in [0.15, 0.2) is 0 Å². The molecule has 1 heterocycles. The Balaban J connectivity index is 1.65. The lowest BCUT2D eigenvalue weighted by molar-refractivity contribution is -0.120. The van der Waals surface area contributed by atoms with Crippen LogP contribution < -0.4 is 10.6 Å². The monoisotopic (exact) mass is 318 g/mol. The molecule has 0 aliphatic rings. The molecule has 0 bridgehead atoms. The summed E-state index contributed by atoms with van der Waals surface area (Å²) in [6.45, 7) is 0.280. The fourth-order valence-corrected chi connectivity index (χ4v) is 2.55. The zero-order valence-electron chi connectivity index (χ0n) is 12.0. The summed E-state index contributed by atoms with van der Waals surface area (Å²) in [6, 6.07) is 12.8. The SMILES string of the molecule is O=C(CNC(=O)c1cccs1)NCCC(O)c1ccccc1. The highest BCUT2D eigenvalue weighted by Gasteiger charge is 2.10. The highest BCUT2D eigenvalue weighted by Crippen LogP contribution is 2.14. The second-order valence-electron chi connectivity index (χ2n) is 4.73. The number of amides is 2. The first-order valence-corrected chi connectivity index (χ1v) is 7.86. The van der Waals surface area contributed by atoms with Crippen molar-refractivity contribution in [3.8, 4) is 0 Å². The molecule has 2 rings (SSSR count). The van der Waals surface area contributed by atoms with Crippen molar-refractivity contribution in [2.75, 3.05) is 13.1 Å². The fourth-order valence-electron chi connectivity index (χ4n) is 1.91. The molecule has 22 heavy (non-hydrogen) atoms. The lowest BCUT2D eigenvalue weighted by Gasteiger charge is -2.11. The summed E-state index contributed by atoms with van der Waals surface area (Å²) in [5, 5.41) is 17.0. The molecule has 1 unspecified atom stereocenters. The molecule has 0 radical (unpaired) electrons. The smallest absolute Gasteiger partial charge is 0.261 e. The van der Waals surface area contributed by atoms with Crippen LogP contribution in [0, 0.1) is 0 Å². The predicted octanol–water partition coefficient (Wildman–Crippen LogP) is 1.72. The molecule has 0 aliphatic carbocycles. The molecule has 6 heteroatoms. The maximum atomic E-state index is 11.7. The van der Waals surface area contributed by atoms with Gasteiger partial charge in [-0.1, -0.05) is 36.4 Å². The fraction of sp³-hybridized carbons (Fsp3) is 0.250. The molecule has 0 fully saturated rings. The number of hydrogen-bond acceptors (Lipinski definition) is 4. The van der Waals surface area contributed by atoms with Crippen LogP contribution in [0.5, 0.6) is 0 Å². The van der Waals surface area contributed by atoms with Crippen LogP contribution in [0.25, 0.3) is 0 Å². The predicted molar refractivity (Wildman–Crippen MR) is 85.7 cm³/mol. The number of rotatable bonds is 7. The van der Waals surface area contributed by atoms with Crippen LogP contribution >= 0.6 is 11.3 Å². The van der Waals surface area contributed by atoms with Crippen LogP contribution in [0.2, 0.25) is 0 Å². The number of carbonyl (C=O) groups excluding carboxylic acids is 2. The summed E-state index contributed by atoms with van der Waals surface area (Å²) in [6.07, 6.45) is -0.184. The van der Waals surface area contributed by atoms with Gasteiger partial charge >= 0.3 is 0 Å². The van der Waals surface area contributed by atoms with Crippen LogP contribution in [-0.2, 0) is 4.79 Å². The Bertz CT molecular complexity index is 599. The average molecular weight is 318 g/mol. The third-order valence-corrected chi connectivity index (χ3v) is 3.95. The first kappa shape index (κ1) is 16.2. The molecule has 0 spiro atoms. The second-order valence-corrected chi connectivity index (χ2v) is 5.67. The van der Waals surface area contributed by atoms with Gasteiger partial charge in [-0.25, -0.2) is 0 Å². The number of nitrogens with one attached hydrogen (secondary N) is 2. The number of aliphatic hydroxyl groups excluding tert-OH is 1. The number of carbonyl (C=O) groups is 2. The van der Waals surface area contributed by atoms with E-state index in [1.807, 2.05) is 30.3 Å². The van der Waals surface area contributed by atoms with Gasteiger partial charge in [-0.2, -0.15) is 0 Å². The Hall–Kier alpha value is -2.18. The summed E-state index contributed by atoms with van der Waals surface area (Å²) in [5.74, 6) is -0.528. The van der Waals surface area contributed by atoms with Gasteiger partial charge < -0.3 is 15.7 Å². The first-order valence-electron chi connectivity index (χ1n) is 6.98. The molecular weight excluding hydrogens is 300 g/mol. The summed E-state index contributed by atoms with van der Waals surface area (Å²) in [7, 11) is 0. The van der Waals surface area contributed by atoms with E-state index in [1.54, 1.807) is 17.5 Å². The molecule has 116 valence electrons. The van der Waals surface area contributed by atoms with Gasteiger partial charge in [0.1, 0.15) is 0 Å². The van der Waals surface area contributed by atoms with E-state index in [2.05, 4.69) is 10.6 Å². The molecule has 0 saturated heterocycles. The normalized spacial score (nSPS) is 11.7. The van der Waals surface area contributed by atoms with Crippen molar-refractivity contribution in [3.05, 3.63) is 58.3 Å². The topological polar surface area (TPSA) is 78.4 Å². The minimum atomic E-state index is -0.609. The van der Waals surface area contributed by atoms with Crippen molar-refractivity contribution in [2.24, 2.45) is 0 Å². The standard InChI is InChI=1S/C16H18N2O3S/c19-13(12-5-2-1-3-6-12)8-9-17-15(20)11-18-16(21)14-7-4-10-22-14/h1-7,10,13,19H,8-9,11H2,(H,17,20)(H,18,21). The van der Waals surface area contributed by atoms with E-state index in [-0.39, 0.29) is 18.4 Å². The van der Waals surface area contributed by atoms with Gasteiger partial charge in [-0.3, -0.25) is 9.59 Å². The minimum absolute atomic E-state index is 0.0713. The van der Waals surface area contributed by atoms with Crippen LogP contribution in [0.1, 0.15) is 27.8 Å². The lowest BCUT2D eigenvalue weighted by atomic mass is 10.1. The molecule has 1 aromatic carbocycles. The number of hydrogen-bond donors (Lipinski definition) is 3. The summed E-state index contributed by atoms with van der Waals surface area (Å²) in [4.78, 5) is 23.9. The number of aliphatic hydroxyl groups is 1. The van der Waals surface area contributed by atoms with Crippen LogP contribution in [0.4, 0.5) is 0 Å². The van der Waals surface area contributed by atoms with E-state index in [9.17, 15) is 14.7 Å². The molecule has 1 atom stereocenters. The highest BCUT2D eigenvalue weighted by molar-refractivity contribution is 7.12. The van der Waals surface area contributed by atoms with Gasteiger partial charge in [0.25, 0.3) is 5.91 Å². The van der Waals surface area contributed by atoms with Crippen molar-refractivity contribution in [2.45, 2.75) is 12.5 Å². The molecule has 0 aliphatic heterocycles. The van der Waals surface area contributed by atoms with Crippen molar-refractivity contribution in [3.63, 3.8) is 0 Å². The Morgan fingerprint density at radius 3 is 2.55 bits per heavy atom. The Kier molecular flexibility index (Phi) is 6.12. The average Bonchev–Trinajstić information content (AvgIpc) is 3.08. The largest absolute Gasteiger partial charge is 0.388 e. The Morgan fingerprint density at radius 1 is 1.09 bits per heavy atom. The van der Waals surface area contributed by atoms with Gasteiger partial charge in [0, 0.05) is 6.54 Å². The quantitative estimate of drug-likeness (QED) is 0.727. The van der Waals surface area contributed by atoms with Crippen LogP contribution in [0.3, 0.4) is 0 Å². The van der Waals surface area contributed by atoms with E-state index in [4.69, 9.17) is 0 Å². The third-order valence-electron chi connectivity index (χ3n) is 3.08. The number of thiophene rings is 1. The van der Waals surface area contributed by atoms with Crippen molar-refractivity contribution in [1.82, 2.24) is 10.6 Å². The van der Waals surface area contributed by atoms with E-state index in [0.29, 0.717) is 17.8 Å². The van der Waals surface area contributed by atoms with E-state index >= 15 is 0 Å². The third kappa shape index (κ3) is 4.98. The maximum Gasteiger partial charge on any atom is 0.261 e. The minimum Gasteiger partial charge on any atom is -0.388 e. The van der Waals surface area contributed by atoms with Gasteiger partial charge in [-0.15, -0.1) is 11.3 Å².